The van der Waals surface area contributed by atoms with Crippen LogP contribution in [0.4, 0.5) is 24.5 Å². The van der Waals surface area contributed by atoms with Crippen LogP contribution in [-0.4, -0.2) is 11.1 Å². The van der Waals surface area contributed by atoms with Crippen LogP contribution in [0.15, 0.2) is 46.6 Å². The Bertz CT molecular complexity index is 704. The second-order valence-electron chi connectivity index (χ2n) is 5.71. The summed E-state index contributed by atoms with van der Waals surface area (Å²) in [6.45, 7) is 5.95. The molecule has 1 rings (SSSR count). The number of halogens is 3. The highest BCUT2D eigenvalue weighted by Crippen LogP contribution is 2.34. The zero-order valence-electron chi connectivity index (χ0n) is 14.2. The van der Waals surface area contributed by atoms with Gasteiger partial charge in [-0.2, -0.15) is 18.3 Å². The number of nitro benzene ring substituents is 1. The topological polar surface area (TPSA) is 67.5 Å². The molecule has 0 bridgehead atoms. The van der Waals surface area contributed by atoms with E-state index in [4.69, 9.17) is 0 Å². The summed E-state index contributed by atoms with van der Waals surface area (Å²) in [6.07, 6.45) is 2.37. The minimum Gasteiger partial charge on any atom is -0.272 e. The Morgan fingerprint density at radius 3 is 2.56 bits per heavy atom. The molecule has 5 nitrogen and oxygen atoms in total. The van der Waals surface area contributed by atoms with E-state index in [1.54, 1.807) is 6.08 Å². The van der Waals surface area contributed by atoms with Gasteiger partial charge in [0.25, 0.3) is 5.69 Å². The van der Waals surface area contributed by atoms with Gasteiger partial charge in [0.15, 0.2) is 0 Å². The molecule has 136 valence electrons. The standard InChI is InChI=1S/C17H20F3N3O2/c1-12(2)5-4-6-13(3)9-10-21-22-15-8-7-14(17(18,19)20)11-16(15)23(24)25/h5,7-11,22H,4,6H2,1-3H3/b13-9+,21-10-. The van der Waals surface area contributed by atoms with Gasteiger partial charge < -0.3 is 0 Å². The van der Waals surface area contributed by atoms with Crippen molar-refractivity contribution < 1.29 is 18.1 Å². The molecular weight excluding hydrogens is 335 g/mol. The van der Waals surface area contributed by atoms with Gasteiger partial charge in [0, 0.05) is 12.3 Å². The molecule has 25 heavy (non-hydrogen) atoms. The van der Waals surface area contributed by atoms with Crippen molar-refractivity contribution in [1.29, 1.82) is 0 Å². The van der Waals surface area contributed by atoms with Gasteiger partial charge in [-0.25, -0.2) is 0 Å². The van der Waals surface area contributed by atoms with Gasteiger partial charge in [-0.3, -0.25) is 15.5 Å². The summed E-state index contributed by atoms with van der Waals surface area (Å²) in [7, 11) is 0. The average molecular weight is 355 g/mol. The quantitative estimate of drug-likeness (QED) is 0.295. The summed E-state index contributed by atoms with van der Waals surface area (Å²) in [5.41, 5.74) is 2.83. The Balaban J connectivity index is 2.79. The molecule has 0 aliphatic heterocycles. The van der Waals surface area contributed by atoms with Crippen molar-refractivity contribution in [1.82, 2.24) is 0 Å². The highest BCUT2D eigenvalue weighted by atomic mass is 19.4. The van der Waals surface area contributed by atoms with Gasteiger partial charge in [0.1, 0.15) is 5.69 Å². The second kappa shape index (κ2) is 9.00. The summed E-state index contributed by atoms with van der Waals surface area (Å²) in [6, 6.07) is 2.24. The number of benzene rings is 1. The molecule has 0 saturated heterocycles. The highest BCUT2D eigenvalue weighted by Gasteiger charge is 2.33. The van der Waals surface area contributed by atoms with Gasteiger partial charge in [-0.15, -0.1) is 0 Å². The number of hydrazone groups is 1. The summed E-state index contributed by atoms with van der Waals surface area (Å²) >= 11 is 0. The first-order valence-electron chi connectivity index (χ1n) is 7.55. The third-order valence-corrected chi connectivity index (χ3v) is 3.23. The first-order valence-corrected chi connectivity index (χ1v) is 7.55. The third-order valence-electron chi connectivity index (χ3n) is 3.23. The van der Waals surface area contributed by atoms with Crippen LogP contribution in [0.1, 0.15) is 39.2 Å². The molecule has 0 unspecified atom stereocenters. The number of allylic oxidation sites excluding steroid dienone is 4. The fourth-order valence-corrected chi connectivity index (χ4v) is 1.90. The predicted molar refractivity (Wildman–Crippen MR) is 92.6 cm³/mol. The van der Waals surface area contributed by atoms with Crippen molar-refractivity contribution in [3.63, 3.8) is 0 Å². The van der Waals surface area contributed by atoms with Gasteiger partial charge in [0.05, 0.1) is 10.5 Å². The lowest BCUT2D eigenvalue weighted by Crippen LogP contribution is -2.06. The molecule has 0 amide bonds. The van der Waals surface area contributed by atoms with Crippen LogP contribution in [0, 0.1) is 10.1 Å². The number of nitrogens with zero attached hydrogens (tertiary/aromatic N) is 2. The molecule has 0 fully saturated rings. The maximum Gasteiger partial charge on any atom is 0.416 e. The number of nitro groups is 1. The van der Waals surface area contributed by atoms with E-state index < -0.39 is 22.4 Å². The molecule has 0 heterocycles. The lowest BCUT2D eigenvalue weighted by atomic mass is 10.1. The SMILES string of the molecule is CC(C)=CCC/C(C)=C/C=N\Nc1ccc(C(F)(F)F)cc1[N+](=O)[O-]. The maximum atomic E-state index is 12.6. The molecule has 0 aromatic heterocycles. The van der Waals surface area contributed by atoms with Gasteiger partial charge in [-0.1, -0.05) is 17.2 Å². The molecule has 8 heteroatoms. The van der Waals surface area contributed by atoms with Crippen molar-refractivity contribution in [3.05, 3.63) is 57.2 Å². The minimum absolute atomic E-state index is 0.107. The number of nitrogens with one attached hydrogen (secondary N) is 1. The van der Waals surface area contributed by atoms with Crippen molar-refractivity contribution in [2.45, 2.75) is 39.8 Å². The number of alkyl halides is 3. The Hall–Kier alpha value is -2.64. The molecule has 0 saturated carbocycles. The second-order valence-corrected chi connectivity index (χ2v) is 5.71. The summed E-state index contributed by atoms with van der Waals surface area (Å²) in [5, 5.41) is 14.8. The largest absolute Gasteiger partial charge is 0.416 e. The van der Waals surface area contributed by atoms with Crippen molar-refractivity contribution in [2.24, 2.45) is 5.10 Å². The Morgan fingerprint density at radius 1 is 1.32 bits per heavy atom. The Labute approximate surface area is 144 Å². The monoisotopic (exact) mass is 355 g/mol. The van der Waals surface area contributed by atoms with Crippen LogP contribution >= 0.6 is 0 Å². The molecule has 0 aliphatic rings. The smallest absolute Gasteiger partial charge is 0.272 e. The van der Waals surface area contributed by atoms with E-state index in [1.165, 1.54) is 11.8 Å². The highest BCUT2D eigenvalue weighted by molar-refractivity contribution is 5.74. The zero-order chi connectivity index (χ0) is 19.0. The first-order chi connectivity index (χ1) is 11.6. The first kappa shape index (κ1) is 20.4. The fraction of sp³-hybridized carbons (Fsp3) is 0.353. The van der Waals surface area contributed by atoms with Crippen LogP contribution in [0.25, 0.3) is 0 Å². The van der Waals surface area contributed by atoms with Crippen LogP contribution in [0.2, 0.25) is 0 Å². The van der Waals surface area contributed by atoms with E-state index in [-0.39, 0.29) is 5.69 Å². The molecule has 1 aromatic carbocycles. The summed E-state index contributed by atoms with van der Waals surface area (Å²) in [5.74, 6) is 0. The van der Waals surface area contributed by atoms with Crippen molar-refractivity contribution in [2.75, 3.05) is 5.43 Å². The van der Waals surface area contributed by atoms with Crippen molar-refractivity contribution in [3.8, 4) is 0 Å². The van der Waals surface area contributed by atoms with Crippen molar-refractivity contribution >= 4 is 17.6 Å². The predicted octanol–water partition coefficient (Wildman–Crippen LogP) is 5.70. The average Bonchev–Trinajstić information content (AvgIpc) is 2.50. The summed E-state index contributed by atoms with van der Waals surface area (Å²) in [4.78, 5) is 10.1. The van der Waals surface area contributed by atoms with Crippen LogP contribution in [-0.2, 0) is 6.18 Å². The lowest BCUT2D eigenvalue weighted by molar-refractivity contribution is -0.384. The van der Waals surface area contributed by atoms with Gasteiger partial charge >= 0.3 is 6.18 Å². The fourth-order valence-electron chi connectivity index (χ4n) is 1.90. The normalized spacial score (nSPS) is 12.3. The van der Waals surface area contributed by atoms with Crippen LogP contribution in [0.3, 0.4) is 0 Å². The van der Waals surface area contributed by atoms with Gasteiger partial charge in [-0.05, 0) is 51.8 Å². The summed E-state index contributed by atoms with van der Waals surface area (Å²) < 4.78 is 37.9. The number of hydrogen-bond acceptors (Lipinski definition) is 4. The molecule has 1 aromatic rings. The number of anilines is 1. The van der Waals surface area contributed by atoms with E-state index in [1.807, 2.05) is 20.8 Å². The minimum atomic E-state index is -4.64. The number of rotatable bonds is 7. The van der Waals surface area contributed by atoms with Crippen LogP contribution in [0.5, 0.6) is 0 Å². The van der Waals surface area contributed by atoms with E-state index in [0.717, 1.165) is 30.5 Å². The van der Waals surface area contributed by atoms with E-state index in [0.29, 0.717) is 6.07 Å². The van der Waals surface area contributed by atoms with Crippen LogP contribution < -0.4 is 5.43 Å². The zero-order valence-corrected chi connectivity index (χ0v) is 14.2. The lowest BCUT2D eigenvalue weighted by Gasteiger charge is -2.08. The molecule has 0 spiro atoms. The molecule has 0 aliphatic carbocycles. The Morgan fingerprint density at radius 2 is 2.00 bits per heavy atom. The van der Waals surface area contributed by atoms with Gasteiger partial charge in [0.2, 0.25) is 0 Å². The number of hydrogen-bond donors (Lipinski definition) is 1. The molecule has 0 atom stereocenters. The Kier molecular flexibility index (Phi) is 7.35. The molecule has 0 radical (unpaired) electrons. The third kappa shape index (κ3) is 7.19. The van der Waals surface area contributed by atoms with E-state index >= 15 is 0 Å². The molecule has 1 N–H and O–H groups in total. The maximum absolute atomic E-state index is 12.6. The molecular formula is C17H20F3N3O2. The van der Waals surface area contributed by atoms with E-state index in [2.05, 4.69) is 16.6 Å². The van der Waals surface area contributed by atoms with E-state index in [9.17, 15) is 23.3 Å².